The van der Waals surface area contributed by atoms with Crippen LogP contribution < -0.4 is 0 Å². The summed E-state index contributed by atoms with van der Waals surface area (Å²) in [4.78, 5) is 0. The fourth-order valence-electron chi connectivity index (χ4n) is 10.8. The summed E-state index contributed by atoms with van der Waals surface area (Å²) in [5.41, 5.74) is 21.1. The van der Waals surface area contributed by atoms with Gasteiger partial charge in [-0.3, -0.25) is 0 Å². The minimum absolute atomic E-state index is 0.00970. The molecule has 0 heterocycles. The van der Waals surface area contributed by atoms with Gasteiger partial charge in [0.2, 0.25) is 0 Å². The molecule has 0 radical (unpaired) electrons. The molecule has 0 spiro atoms. The van der Waals surface area contributed by atoms with Crippen molar-refractivity contribution in [1.29, 1.82) is 0 Å². The summed E-state index contributed by atoms with van der Waals surface area (Å²) in [6, 6.07) is 49.6. The molecular weight excluding hydrogens is 863 g/mol. The van der Waals surface area contributed by atoms with Crippen molar-refractivity contribution in [1.82, 2.24) is 0 Å². The Morgan fingerprint density at radius 1 is 0.417 bits per heavy atom. The number of benzene rings is 6. The second-order valence-corrected chi connectivity index (χ2v) is 61.5. The van der Waals surface area contributed by atoms with Crippen molar-refractivity contribution in [2.45, 2.75) is 87.6 Å². The summed E-state index contributed by atoms with van der Waals surface area (Å²) >= 11 is -5.17. The topological polar surface area (TPSA) is 0 Å². The van der Waals surface area contributed by atoms with Gasteiger partial charge in [-0.1, -0.05) is 0 Å². The number of rotatable bonds is 11. The monoisotopic (exact) mass is 921 g/mol. The molecule has 2 aliphatic carbocycles. The van der Waals surface area contributed by atoms with Gasteiger partial charge in [-0.05, 0) is 0 Å². The summed E-state index contributed by atoms with van der Waals surface area (Å²) in [6.45, 7) is 23.7. The zero-order valence-electron chi connectivity index (χ0n) is 37.2. The zero-order chi connectivity index (χ0) is 42.7. The standard InChI is InChI=1S/2C27H27.C2H7Si.2ClH.Zr/c2*1-18(2)22-16-21-14-15-24(20-10-6-5-7-11-20)27(26(21)17-22)25-13-9-8-12-23(25)19(3)4;1-3-2;;;/h2*5-19H,1-4H3;3H,1-2H3;2*1H;/q;;;;;+2/p-2. The molecule has 4 heteroatoms. The van der Waals surface area contributed by atoms with Gasteiger partial charge >= 0.3 is 373 Å². The van der Waals surface area contributed by atoms with Gasteiger partial charge in [0.1, 0.15) is 0 Å². The van der Waals surface area contributed by atoms with Crippen molar-refractivity contribution in [3.63, 3.8) is 0 Å². The molecule has 6 aromatic carbocycles. The molecule has 0 nitrogen and oxygen atoms in total. The van der Waals surface area contributed by atoms with Crippen LogP contribution in [0, 0.1) is 11.8 Å². The maximum absolute atomic E-state index is 9.10. The van der Waals surface area contributed by atoms with Gasteiger partial charge in [-0.25, -0.2) is 0 Å². The molecule has 0 saturated heterocycles. The summed E-state index contributed by atoms with van der Waals surface area (Å²) in [6.07, 6.45) is 5.10. The van der Waals surface area contributed by atoms with Gasteiger partial charge in [-0.15, -0.1) is 0 Å². The molecule has 0 N–H and O–H groups in total. The number of allylic oxidation sites excluding steroid dienone is 2. The van der Waals surface area contributed by atoms with Crippen LogP contribution >= 0.6 is 17.0 Å². The van der Waals surface area contributed by atoms with Crippen LogP contribution in [0.25, 0.3) is 56.7 Å². The molecule has 0 saturated carbocycles. The molecule has 0 bridgehead atoms. The summed E-state index contributed by atoms with van der Waals surface area (Å²) in [5, 5.41) is 0. The van der Waals surface area contributed by atoms with Crippen LogP contribution in [0.2, 0.25) is 13.1 Å². The Morgan fingerprint density at radius 2 is 0.767 bits per heavy atom. The number of hydrogen-bond donors (Lipinski definition) is 0. The first-order valence-electron chi connectivity index (χ1n) is 22.3. The first-order chi connectivity index (χ1) is 28.6. The Hall–Kier alpha value is -3.52. The fraction of sp³-hybridized carbons (Fsp3) is 0.286. The molecule has 2 aliphatic rings. The second-order valence-electron chi connectivity index (χ2n) is 19.0. The van der Waals surface area contributed by atoms with Crippen molar-refractivity contribution in [2.75, 3.05) is 0 Å². The van der Waals surface area contributed by atoms with Gasteiger partial charge in [0.25, 0.3) is 0 Å². The van der Waals surface area contributed by atoms with Crippen molar-refractivity contribution >= 4 is 35.1 Å². The molecule has 0 amide bonds. The summed E-state index contributed by atoms with van der Waals surface area (Å²) in [5.74, 6) is -0.537. The Labute approximate surface area is 369 Å². The Kier molecular flexibility index (Phi) is 12.0. The van der Waals surface area contributed by atoms with Crippen LogP contribution in [0.1, 0.15) is 108 Å². The third kappa shape index (κ3) is 7.07. The molecular formula is C56H61Cl2SiZr. The van der Waals surface area contributed by atoms with Gasteiger partial charge in [0.15, 0.2) is 0 Å². The van der Waals surface area contributed by atoms with E-state index in [0.29, 0.717) is 11.8 Å². The minimum atomic E-state index is -5.17. The molecule has 0 fully saturated rings. The average molecular weight is 924 g/mol. The van der Waals surface area contributed by atoms with Crippen molar-refractivity contribution < 1.29 is 15.6 Å². The number of halogens is 2. The van der Waals surface area contributed by atoms with Crippen LogP contribution in [0.3, 0.4) is 0 Å². The fourth-order valence-corrected chi connectivity index (χ4v) is 42.3. The van der Waals surface area contributed by atoms with Crippen LogP contribution in [-0.4, -0.2) is 5.92 Å². The number of hydrogen-bond acceptors (Lipinski definition) is 0. The quantitative estimate of drug-likeness (QED) is 0.114. The third-order valence-electron chi connectivity index (χ3n) is 13.9. The molecule has 60 heavy (non-hydrogen) atoms. The van der Waals surface area contributed by atoms with Gasteiger partial charge in [-0.2, -0.15) is 0 Å². The van der Waals surface area contributed by atoms with E-state index in [-0.39, 0.29) is 19.1 Å². The first kappa shape index (κ1) is 43.1. The van der Waals surface area contributed by atoms with Crippen LogP contribution in [0.15, 0.2) is 145 Å². The van der Waals surface area contributed by atoms with E-state index in [0.717, 1.165) is 0 Å². The molecule has 0 aromatic heterocycles. The van der Waals surface area contributed by atoms with Gasteiger partial charge < -0.3 is 0 Å². The molecule has 8 rings (SSSR count). The van der Waals surface area contributed by atoms with Crippen molar-refractivity contribution in [3.8, 4) is 44.5 Å². The van der Waals surface area contributed by atoms with Crippen LogP contribution in [0.4, 0.5) is 0 Å². The Bertz CT molecular complexity index is 2450. The third-order valence-corrected chi connectivity index (χ3v) is 65.5. The Morgan fingerprint density at radius 3 is 1.10 bits per heavy atom. The first-order valence-corrected chi connectivity index (χ1v) is 38.6. The molecule has 0 aliphatic heterocycles. The molecule has 2 unspecified atom stereocenters. The van der Waals surface area contributed by atoms with Crippen LogP contribution in [0.5, 0.6) is 0 Å². The van der Waals surface area contributed by atoms with E-state index >= 15 is 0 Å². The predicted octanol–water partition coefficient (Wildman–Crippen LogP) is 17.5. The van der Waals surface area contributed by atoms with Crippen molar-refractivity contribution in [3.05, 3.63) is 178 Å². The maximum atomic E-state index is 9.10. The normalized spacial score (nSPS) is 17.0. The van der Waals surface area contributed by atoms with Crippen molar-refractivity contribution in [2.24, 2.45) is 11.8 Å². The van der Waals surface area contributed by atoms with Gasteiger partial charge in [0, 0.05) is 0 Å². The molecule has 2 atom stereocenters. The van der Waals surface area contributed by atoms with Crippen LogP contribution in [-0.2, 0) is 15.6 Å². The summed E-state index contributed by atoms with van der Waals surface area (Å²) < 4.78 is -0.0194. The predicted molar refractivity (Wildman–Crippen MR) is 265 cm³/mol. The average Bonchev–Trinajstić information content (AvgIpc) is 3.85. The molecule has 6 aromatic rings. The number of fused-ring (bicyclic) bond motifs is 2. The van der Waals surface area contributed by atoms with E-state index in [1.807, 2.05) is 0 Å². The molecule has 307 valence electrons. The Balaban J connectivity index is 1.45. The van der Waals surface area contributed by atoms with E-state index in [9.17, 15) is 0 Å². The van der Waals surface area contributed by atoms with E-state index in [1.165, 1.54) is 89.0 Å². The summed E-state index contributed by atoms with van der Waals surface area (Å²) in [7, 11) is 18.2. The second kappa shape index (κ2) is 16.6. The van der Waals surface area contributed by atoms with Gasteiger partial charge in [0.05, 0.1) is 0 Å². The van der Waals surface area contributed by atoms with E-state index in [2.05, 4.69) is 214 Å². The van der Waals surface area contributed by atoms with E-state index in [1.54, 1.807) is 0 Å². The zero-order valence-corrected chi connectivity index (χ0v) is 42.3. The van der Waals surface area contributed by atoms with E-state index < -0.39 is 21.5 Å². The SMILES string of the molecule is CC(C)C1=Cc2c(ccc(-c3ccccc3)c2-c2ccccc2C(C)C)[CH]1[Zr]([Cl])([Cl])([CH]1C(C(C)C)=Cc2c1ccc(-c1ccccc1)c2-c1ccccc1C(C)C)[SiH](C)C. The van der Waals surface area contributed by atoms with E-state index in [4.69, 9.17) is 17.0 Å².